The number of likely N-dealkylation sites (tertiary alicyclic amines) is 1. The van der Waals surface area contributed by atoms with Crippen LogP contribution in [0.5, 0.6) is 0 Å². The molecule has 1 N–H and O–H groups in total. The molecule has 2 amide bonds. The van der Waals surface area contributed by atoms with Gasteiger partial charge in [0.05, 0.1) is 12.2 Å². The molecule has 0 aliphatic carbocycles. The highest BCUT2D eigenvalue weighted by Gasteiger charge is 2.47. The Kier molecular flexibility index (Phi) is 5.21. The van der Waals surface area contributed by atoms with Crippen molar-refractivity contribution in [3.8, 4) is 11.3 Å². The lowest BCUT2D eigenvalue weighted by Crippen LogP contribution is -2.50. The van der Waals surface area contributed by atoms with Gasteiger partial charge < -0.3 is 10.2 Å². The fraction of sp³-hybridized carbons (Fsp3) is 0.375. The predicted octanol–water partition coefficient (Wildman–Crippen LogP) is 2.37. The molecule has 3 rings (SSSR count). The molecule has 26 heavy (non-hydrogen) atoms. The first-order valence-electron chi connectivity index (χ1n) is 7.86. The van der Waals surface area contributed by atoms with Crippen molar-refractivity contribution >= 4 is 23.2 Å². The average molecular weight is 384 g/mol. The third-order valence-electron chi connectivity index (χ3n) is 4.00. The Labute approximate surface area is 151 Å². The van der Waals surface area contributed by atoms with Crippen molar-refractivity contribution in [3.63, 3.8) is 0 Å². The van der Waals surface area contributed by atoms with E-state index >= 15 is 0 Å². The third kappa shape index (κ3) is 4.01. The van der Waals surface area contributed by atoms with E-state index in [1.807, 2.05) is 5.38 Å². The molecule has 0 aromatic carbocycles. The molecule has 0 bridgehead atoms. The average Bonchev–Trinajstić information content (AvgIpc) is 3.28. The van der Waals surface area contributed by atoms with Crippen molar-refractivity contribution in [2.45, 2.75) is 31.6 Å². The minimum absolute atomic E-state index is 0.0696. The van der Waals surface area contributed by atoms with E-state index in [1.54, 1.807) is 24.5 Å². The number of rotatable bonds is 4. The molecule has 1 unspecified atom stereocenters. The largest absolute Gasteiger partial charge is 0.471 e. The topological polar surface area (TPSA) is 75.2 Å². The molecule has 2 aromatic rings. The molecule has 1 fully saturated rings. The molecule has 10 heteroatoms. The highest BCUT2D eigenvalue weighted by atomic mass is 32.1. The molecule has 1 atom stereocenters. The number of thiazole rings is 1. The summed E-state index contributed by atoms with van der Waals surface area (Å²) in [6.45, 7) is 0.0268. The number of alkyl halides is 3. The first-order chi connectivity index (χ1) is 12.4. The van der Waals surface area contributed by atoms with E-state index in [-0.39, 0.29) is 19.5 Å². The minimum atomic E-state index is -4.97. The summed E-state index contributed by atoms with van der Waals surface area (Å²) in [6, 6.07) is 2.51. The first kappa shape index (κ1) is 18.3. The number of carbonyl (C=O) groups is 2. The molecule has 3 heterocycles. The van der Waals surface area contributed by atoms with Crippen LogP contribution in [0.2, 0.25) is 0 Å². The molecule has 1 saturated heterocycles. The van der Waals surface area contributed by atoms with Crippen molar-refractivity contribution in [1.29, 1.82) is 0 Å². The number of halogens is 3. The second kappa shape index (κ2) is 7.40. The van der Waals surface area contributed by atoms with Crippen molar-refractivity contribution in [2.75, 3.05) is 6.54 Å². The number of nitrogens with one attached hydrogen (secondary N) is 1. The van der Waals surface area contributed by atoms with E-state index in [9.17, 15) is 22.8 Å². The van der Waals surface area contributed by atoms with E-state index in [4.69, 9.17) is 0 Å². The summed E-state index contributed by atoms with van der Waals surface area (Å²) < 4.78 is 37.9. The second-order valence-corrected chi connectivity index (χ2v) is 6.68. The zero-order valence-electron chi connectivity index (χ0n) is 13.5. The maximum absolute atomic E-state index is 12.6. The summed E-state index contributed by atoms with van der Waals surface area (Å²) >= 11 is 1.33. The Morgan fingerprint density at radius 1 is 1.31 bits per heavy atom. The SMILES string of the molecule is O=C(NCc1nc(-c2ccncc2)cs1)C1CCCN1C(=O)C(F)(F)F. The van der Waals surface area contributed by atoms with Crippen molar-refractivity contribution in [2.24, 2.45) is 0 Å². The van der Waals surface area contributed by atoms with E-state index in [0.29, 0.717) is 16.3 Å². The predicted molar refractivity (Wildman–Crippen MR) is 88.0 cm³/mol. The Morgan fingerprint density at radius 2 is 2.04 bits per heavy atom. The van der Waals surface area contributed by atoms with Gasteiger partial charge in [-0.1, -0.05) is 0 Å². The van der Waals surface area contributed by atoms with Gasteiger partial charge in [0.1, 0.15) is 11.0 Å². The summed E-state index contributed by atoms with van der Waals surface area (Å²) in [5.74, 6) is -2.56. The van der Waals surface area contributed by atoms with E-state index in [0.717, 1.165) is 11.3 Å². The third-order valence-corrected chi connectivity index (χ3v) is 4.85. The van der Waals surface area contributed by atoms with Gasteiger partial charge in [-0.15, -0.1) is 11.3 Å². The maximum atomic E-state index is 12.6. The summed E-state index contributed by atoms with van der Waals surface area (Å²) in [4.78, 5) is 32.6. The van der Waals surface area contributed by atoms with Gasteiger partial charge in [0.25, 0.3) is 0 Å². The number of carbonyl (C=O) groups excluding carboxylic acids is 2. The zero-order chi connectivity index (χ0) is 18.7. The fourth-order valence-electron chi connectivity index (χ4n) is 2.77. The Balaban J connectivity index is 1.60. The van der Waals surface area contributed by atoms with Crippen LogP contribution in [0.4, 0.5) is 13.2 Å². The highest BCUT2D eigenvalue weighted by Crippen LogP contribution is 2.26. The highest BCUT2D eigenvalue weighted by molar-refractivity contribution is 7.09. The first-order valence-corrected chi connectivity index (χ1v) is 8.74. The Bertz CT molecular complexity index is 794. The fourth-order valence-corrected chi connectivity index (χ4v) is 3.52. The van der Waals surface area contributed by atoms with Crippen LogP contribution >= 0.6 is 11.3 Å². The molecule has 138 valence electrons. The van der Waals surface area contributed by atoms with Crippen LogP contribution in [0.25, 0.3) is 11.3 Å². The van der Waals surface area contributed by atoms with Crippen LogP contribution in [0, 0.1) is 0 Å². The molecule has 1 aliphatic heterocycles. The van der Waals surface area contributed by atoms with Crippen molar-refractivity contribution < 1.29 is 22.8 Å². The van der Waals surface area contributed by atoms with Gasteiger partial charge in [-0.3, -0.25) is 14.6 Å². The number of aromatic nitrogens is 2. The van der Waals surface area contributed by atoms with E-state index < -0.39 is 24.0 Å². The maximum Gasteiger partial charge on any atom is 0.471 e. The number of nitrogens with zero attached hydrogens (tertiary/aromatic N) is 3. The second-order valence-electron chi connectivity index (χ2n) is 5.73. The minimum Gasteiger partial charge on any atom is -0.348 e. The smallest absolute Gasteiger partial charge is 0.348 e. The van der Waals surface area contributed by atoms with Crippen LogP contribution < -0.4 is 5.32 Å². The van der Waals surface area contributed by atoms with Crippen LogP contribution in [-0.2, 0) is 16.1 Å². The lowest BCUT2D eigenvalue weighted by Gasteiger charge is -2.24. The number of amides is 2. The summed E-state index contributed by atoms with van der Waals surface area (Å²) in [5, 5.41) is 5.02. The zero-order valence-corrected chi connectivity index (χ0v) is 14.3. The van der Waals surface area contributed by atoms with Crippen molar-refractivity contribution in [3.05, 3.63) is 34.9 Å². The molecule has 0 saturated carbocycles. The van der Waals surface area contributed by atoms with Gasteiger partial charge in [0, 0.05) is 29.9 Å². The summed E-state index contributed by atoms with van der Waals surface area (Å²) in [7, 11) is 0. The quantitative estimate of drug-likeness (QED) is 0.878. The summed E-state index contributed by atoms with van der Waals surface area (Å²) in [6.07, 6.45) is -1.11. The van der Waals surface area contributed by atoms with Gasteiger partial charge in [0.2, 0.25) is 5.91 Å². The van der Waals surface area contributed by atoms with Gasteiger partial charge >= 0.3 is 12.1 Å². The molecule has 0 radical (unpaired) electrons. The van der Waals surface area contributed by atoms with Crippen LogP contribution in [0.15, 0.2) is 29.9 Å². The Hall–Kier alpha value is -2.49. The molecule has 1 aliphatic rings. The van der Waals surface area contributed by atoms with Crippen LogP contribution in [0.3, 0.4) is 0 Å². The normalized spacial score (nSPS) is 17.3. The van der Waals surface area contributed by atoms with Crippen LogP contribution in [-0.4, -0.2) is 45.4 Å². The summed E-state index contributed by atoms with van der Waals surface area (Å²) in [5.41, 5.74) is 1.61. The molecule has 6 nitrogen and oxygen atoms in total. The van der Waals surface area contributed by atoms with Gasteiger partial charge in [-0.25, -0.2) is 4.98 Å². The van der Waals surface area contributed by atoms with Gasteiger partial charge in [-0.05, 0) is 25.0 Å². The van der Waals surface area contributed by atoms with E-state index in [2.05, 4.69) is 15.3 Å². The van der Waals surface area contributed by atoms with Crippen molar-refractivity contribution in [1.82, 2.24) is 20.2 Å². The van der Waals surface area contributed by atoms with Crippen LogP contribution in [0.1, 0.15) is 17.8 Å². The monoisotopic (exact) mass is 384 g/mol. The number of pyridine rings is 1. The lowest BCUT2D eigenvalue weighted by molar-refractivity contribution is -0.186. The lowest BCUT2D eigenvalue weighted by atomic mass is 10.2. The molecule has 0 spiro atoms. The molecular formula is C16H15F3N4O2S. The van der Waals surface area contributed by atoms with Gasteiger partial charge in [-0.2, -0.15) is 13.2 Å². The number of hydrogen-bond donors (Lipinski definition) is 1. The standard InChI is InChI=1S/C16H15F3N4O2S/c17-16(18,19)15(25)23-7-1-2-12(23)14(24)21-8-13-22-11(9-26-13)10-3-5-20-6-4-10/h3-6,9,12H,1-2,7-8H2,(H,21,24). The molecular weight excluding hydrogens is 369 g/mol. The number of hydrogen-bond acceptors (Lipinski definition) is 5. The van der Waals surface area contributed by atoms with Gasteiger partial charge in [0.15, 0.2) is 0 Å². The van der Waals surface area contributed by atoms with E-state index in [1.165, 1.54) is 11.3 Å². The Morgan fingerprint density at radius 3 is 2.73 bits per heavy atom. The molecule has 2 aromatic heterocycles.